The standard InChI is InChI=1S/C17H22FN5O2S/c1-3-4-9-23-14(19)13(15(24)21-16(23)25)22(2)17(26)20-10-11-5-7-12(18)8-6-11/h5-8H,3-4,9-10,19H2,1-2H3,(H,20,26)(H,21,24,25). The van der Waals surface area contributed by atoms with Crippen molar-refractivity contribution in [3.05, 3.63) is 56.5 Å². The van der Waals surface area contributed by atoms with Crippen LogP contribution in [0.4, 0.5) is 15.9 Å². The molecule has 26 heavy (non-hydrogen) atoms. The Morgan fingerprint density at radius 2 is 2.00 bits per heavy atom. The fraction of sp³-hybridized carbons (Fsp3) is 0.353. The molecule has 9 heteroatoms. The second-order valence-electron chi connectivity index (χ2n) is 5.84. The first-order chi connectivity index (χ1) is 12.3. The Morgan fingerprint density at radius 3 is 2.62 bits per heavy atom. The van der Waals surface area contributed by atoms with Gasteiger partial charge < -0.3 is 16.0 Å². The number of rotatable bonds is 6. The second-order valence-corrected chi connectivity index (χ2v) is 6.23. The third kappa shape index (κ3) is 4.48. The van der Waals surface area contributed by atoms with E-state index >= 15 is 0 Å². The molecule has 7 nitrogen and oxygen atoms in total. The highest BCUT2D eigenvalue weighted by Gasteiger charge is 2.18. The topological polar surface area (TPSA) is 96.2 Å². The second kappa shape index (κ2) is 8.61. The minimum absolute atomic E-state index is 0.0700. The van der Waals surface area contributed by atoms with Gasteiger partial charge in [0.2, 0.25) is 0 Å². The Morgan fingerprint density at radius 1 is 1.35 bits per heavy atom. The SMILES string of the molecule is CCCCn1c(N)c(N(C)C(=S)NCc2ccc(F)cc2)c(=O)[nH]c1=O. The Labute approximate surface area is 155 Å². The molecule has 2 aromatic rings. The van der Waals surface area contributed by atoms with Crippen LogP contribution < -0.4 is 27.2 Å². The van der Waals surface area contributed by atoms with E-state index in [1.807, 2.05) is 6.92 Å². The molecule has 0 aliphatic carbocycles. The Bertz CT molecular complexity index is 892. The maximum Gasteiger partial charge on any atom is 0.330 e. The van der Waals surface area contributed by atoms with Crippen molar-refractivity contribution in [2.24, 2.45) is 0 Å². The van der Waals surface area contributed by atoms with Gasteiger partial charge in [-0.25, -0.2) is 9.18 Å². The van der Waals surface area contributed by atoms with Crippen LogP contribution in [0.5, 0.6) is 0 Å². The monoisotopic (exact) mass is 379 g/mol. The van der Waals surface area contributed by atoms with Crippen molar-refractivity contribution >= 4 is 28.8 Å². The fourth-order valence-corrected chi connectivity index (χ4v) is 2.60. The molecule has 1 aromatic carbocycles. The van der Waals surface area contributed by atoms with Crippen LogP contribution >= 0.6 is 12.2 Å². The van der Waals surface area contributed by atoms with Gasteiger partial charge >= 0.3 is 5.69 Å². The summed E-state index contributed by atoms with van der Waals surface area (Å²) in [5.74, 6) is -0.247. The van der Waals surface area contributed by atoms with E-state index in [4.69, 9.17) is 18.0 Å². The molecule has 2 rings (SSSR count). The number of nitrogens with two attached hydrogens (primary N) is 1. The molecule has 0 bridgehead atoms. The molecule has 0 saturated heterocycles. The summed E-state index contributed by atoms with van der Waals surface area (Å²) in [6.07, 6.45) is 1.64. The maximum atomic E-state index is 12.9. The molecule has 0 aliphatic heterocycles. The summed E-state index contributed by atoms with van der Waals surface area (Å²) in [5.41, 5.74) is 5.86. The molecule has 4 N–H and O–H groups in total. The van der Waals surface area contributed by atoms with Gasteiger partial charge in [0.05, 0.1) is 0 Å². The van der Waals surface area contributed by atoms with E-state index in [0.717, 1.165) is 18.4 Å². The van der Waals surface area contributed by atoms with Gasteiger partial charge in [-0.05, 0) is 36.3 Å². The fourth-order valence-electron chi connectivity index (χ4n) is 2.44. The summed E-state index contributed by atoms with van der Waals surface area (Å²) in [7, 11) is 1.59. The van der Waals surface area contributed by atoms with Gasteiger partial charge in [-0.1, -0.05) is 25.5 Å². The zero-order chi connectivity index (χ0) is 19.3. The number of anilines is 2. The van der Waals surface area contributed by atoms with Crippen molar-refractivity contribution in [3.63, 3.8) is 0 Å². The highest BCUT2D eigenvalue weighted by Crippen LogP contribution is 2.15. The highest BCUT2D eigenvalue weighted by molar-refractivity contribution is 7.80. The summed E-state index contributed by atoms with van der Waals surface area (Å²) in [4.78, 5) is 27.9. The molecule has 1 aromatic heterocycles. The van der Waals surface area contributed by atoms with Crippen molar-refractivity contribution < 1.29 is 4.39 Å². The zero-order valence-corrected chi connectivity index (χ0v) is 15.5. The first-order valence-electron chi connectivity index (χ1n) is 8.23. The van der Waals surface area contributed by atoms with Gasteiger partial charge in [0.1, 0.15) is 17.3 Å². The van der Waals surface area contributed by atoms with Crippen LogP contribution in [0, 0.1) is 5.82 Å². The van der Waals surface area contributed by atoms with Crippen molar-refractivity contribution in [2.45, 2.75) is 32.9 Å². The molecule has 0 amide bonds. The van der Waals surface area contributed by atoms with Crippen LogP contribution in [0.2, 0.25) is 0 Å². The van der Waals surface area contributed by atoms with Crippen LogP contribution in [0.15, 0.2) is 33.9 Å². The summed E-state index contributed by atoms with van der Waals surface area (Å²) < 4.78 is 14.3. The van der Waals surface area contributed by atoms with Crippen molar-refractivity contribution in [2.75, 3.05) is 17.7 Å². The van der Waals surface area contributed by atoms with Crippen LogP contribution in [-0.4, -0.2) is 21.7 Å². The van der Waals surface area contributed by atoms with Gasteiger partial charge in [-0.15, -0.1) is 0 Å². The Hall–Kier alpha value is -2.68. The summed E-state index contributed by atoms with van der Waals surface area (Å²) in [5, 5.41) is 3.24. The molecule has 0 aliphatic rings. The van der Waals surface area contributed by atoms with E-state index in [2.05, 4.69) is 10.3 Å². The number of aromatic amines is 1. The quantitative estimate of drug-likeness (QED) is 0.660. The molecular weight excluding hydrogens is 357 g/mol. The van der Waals surface area contributed by atoms with Gasteiger partial charge in [-0.2, -0.15) is 0 Å². The van der Waals surface area contributed by atoms with E-state index in [-0.39, 0.29) is 22.4 Å². The average molecular weight is 379 g/mol. The molecule has 1 heterocycles. The van der Waals surface area contributed by atoms with E-state index in [1.165, 1.54) is 21.6 Å². The Kier molecular flexibility index (Phi) is 6.51. The lowest BCUT2D eigenvalue weighted by Gasteiger charge is -2.23. The minimum Gasteiger partial charge on any atom is -0.383 e. The van der Waals surface area contributed by atoms with Gasteiger partial charge in [0, 0.05) is 20.1 Å². The van der Waals surface area contributed by atoms with E-state index in [0.29, 0.717) is 13.1 Å². The number of H-pyrrole nitrogens is 1. The highest BCUT2D eigenvalue weighted by atomic mass is 32.1. The number of nitrogens with zero attached hydrogens (tertiary/aromatic N) is 2. The number of hydrogen-bond acceptors (Lipinski definition) is 4. The largest absolute Gasteiger partial charge is 0.383 e. The molecule has 0 unspecified atom stereocenters. The molecule has 0 saturated carbocycles. The maximum absolute atomic E-state index is 12.9. The van der Waals surface area contributed by atoms with Crippen LogP contribution in [0.25, 0.3) is 0 Å². The number of halogens is 1. The lowest BCUT2D eigenvalue weighted by atomic mass is 10.2. The molecule has 0 spiro atoms. The smallest absolute Gasteiger partial charge is 0.330 e. The van der Waals surface area contributed by atoms with Crippen molar-refractivity contribution in [1.29, 1.82) is 0 Å². The van der Waals surface area contributed by atoms with Gasteiger partial charge in [0.25, 0.3) is 5.56 Å². The number of thiocarbonyl (C=S) groups is 1. The summed E-state index contributed by atoms with van der Waals surface area (Å²) in [6, 6.07) is 5.99. The van der Waals surface area contributed by atoms with Gasteiger partial charge in [-0.3, -0.25) is 14.3 Å². The number of nitrogen functional groups attached to an aromatic ring is 1. The van der Waals surface area contributed by atoms with Gasteiger partial charge in [0.15, 0.2) is 5.11 Å². The lowest BCUT2D eigenvalue weighted by Crippen LogP contribution is -2.43. The van der Waals surface area contributed by atoms with Crippen LogP contribution in [0.1, 0.15) is 25.3 Å². The lowest BCUT2D eigenvalue weighted by molar-refractivity contribution is 0.605. The number of aromatic nitrogens is 2. The molecule has 0 fully saturated rings. The van der Waals surface area contributed by atoms with E-state index in [1.54, 1.807) is 19.2 Å². The van der Waals surface area contributed by atoms with E-state index in [9.17, 15) is 14.0 Å². The van der Waals surface area contributed by atoms with E-state index < -0.39 is 11.2 Å². The first-order valence-corrected chi connectivity index (χ1v) is 8.64. The summed E-state index contributed by atoms with van der Waals surface area (Å²) in [6.45, 7) is 2.76. The first kappa shape index (κ1) is 19.6. The normalized spacial score (nSPS) is 10.6. The predicted octanol–water partition coefficient (Wildman–Crippen LogP) is 1.57. The number of unbranched alkanes of at least 4 members (excludes halogenated alkanes) is 1. The van der Waals surface area contributed by atoms with Crippen LogP contribution in [0.3, 0.4) is 0 Å². The van der Waals surface area contributed by atoms with Crippen LogP contribution in [-0.2, 0) is 13.1 Å². The number of benzene rings is 1. The molecule has 140 valence electrons. The molecule has 0 radical (unpaired) electrons. The molecular formula is C17H22FN5O2S. The Balaban J connectivity index is 2.20. The number of nitrogens with one attached hydrogen (secondary N) is 2. The minimum atomic E-state index is -0.603. The average Bonchev–Trinajstić information content (AvgIpc) is 2.60. The summed E-state index contributed by atoms with van der Waals surface area (Å²) >= 11 is 5.31. The zero-order valence-electron chi connectivity index (χ0n) is 14.7. The third-order valence-electron chi connectivity index (χ3n) is 3.95. The van der Waals surface area contributed by atoms with Crippen molar-refractivity contribution in [1.82, 2.24) is 14.9 Å². The molecule has 0 atom stereocenters. The van der Waals surface area contributed by atoms with Crippen molar-refractivity contribution in [3.8, 4) is 0 Å². The predicted molar refractivity (Wildman–Crippen MR) is 105 cm³/mol. The number of hydrogen-bond donors (Lipinski definition) is 3. The third-order valence-corrected chi connectivity index (χ3v) is 4.36.